The van der Waals surface area contributed by atoms with E-state index in [0.29, 0.717) is 0 Å². The van der Waals surface area contributed by atoms with Crippen LogP contribution < -0.4 is 0 Å². The average molecular weight is 376 g/mol. The van der Waals surface area contributed by atoms with E-state index < -0.39 is 0 Å². The van der Waals surface area contributed by atoms with Crippen LogP contribution in [0.25, 0.3) is 0 Å². The van der Waals surface area contributed by atoms with Crippen LogP contribution >= 0.6 is 0 Å². The molecule has 27 heavy (non-hydrogen) atoms. The highest BCUT2D eigenvalue weighted by atomic mass is 16.6. The molecule has 0 spiro atoms. The Bertz CT molecular complexity index is 681. The molecule has 1 heterocycles. The summed E-state index contributed by atoms with van der Waals surface area (Å²) in [5.74, 6) is -0.416. The minimum Gasteiger partial charge on any atom is -0.463 e. The summed E-state index contributed by atoms with van der Waals surface area (Å²) in [7, 11) is 0. The van der Waals surface area contributed by atoms with Gasteiger partial charge < -0.3 is 14.2 Å². The van der Waals surface area contributed by atoms with Crippen molar-refractivity contribution in [3.05, 3.63) is 34.9 Å². The third kappa shape index (κ3) is 5.10. The molecule has 0 bridgehead atoms. The highest BCUT2D eigenvalue weighted by molar-refractivity contribution is 5.66. The van der Waals surface area contributed by atoms with Crippen molar-refractivity contribution in [3.8, 4) is 0 Å². The van der Waals surface area contributed by atoms with E-state index in [4.69, 9.17) is 14.2 Å². The first kappa shape index (κ1) is 21.4. The van der Waals surface area contributed by atoms with Crippen molar-refractivity contribution >= 4 is 11.9 Å². The molecule has 1 aliphatic heterocycles. The van der Waals surface area contributed by atoms with Gasteiger partial charge in [0.2, 0.25) is 0 Å². The third-order valence-corrected chi connectivity index (χ3v) is 5.75. The number of benzene rings is 1. The monoisotopic (exact) mass is 376 g/mol. The molecule has 5 heteroatoms. The number of hydrogen-bond donors (Lipinski definition) is 0. The Kier molecular flexibility index (Phi) is 7.04. The van der Waals surface area contributed by atoms with Gasteiger partial charge in [0, 0.05) is 25.7 Å². The Morgan fingerprint density at radius 1 is 1.11 bits per heavy atom. The first-order valence-corrected chi connectivity index (χ1v) is 9.65. The van der Waals surface area contributed by atoms with Crippen LogP contribution in [0, 0.1) is 25.7 Å². The minimum atomic E-state index is -0.346. The Balaban J connectivity index is 2.33. The topological polar surface area (TPSA) is 61.8 Å². The number of rotatable bonds is 5. The van der Waals surface area contributed by atoms with Gasteiger partial charge in [0.05, 0.1) is 6.10 Å². The highest BCUT2D eigenvalue weighted by Gasteiger charge is 2.46. The maximum absolute atomic E-state index is 11.7. The summed E-state index contributed by atoms with van der Waals surface area (Å²) in [5.41, 5.74) is 3.57. The van der Waals surface area contributed by atoms with Crippen molar-refractivity contribution in [3.63, 3.8) is 0 Å². The molecule has 0 aromatic heterocycles. The van der Waals surface area contributed by atoms with Gasteiger partial charge in [0.1, 0.15) is 18.8 Å². The summed E-state index contributed by atoms with van der Waals surface area (Å²) in [6.45, 7) is 13.4. The number of carbonyl (C=O) groups is 2. The summed E-state index contributed by atoms with van der Waals surface area (Å²) < 4.78 is 17.3. The number of aryl methyl sites for hydroxylation is 2. The molecule has 5 nitrogen and oxygen atoms in total. The van der Waals surface area contributed by atoms with Crippen LogP contribution in [0.2, 0.25) is 0 Å². The zero-order valence-electron chi connectivity index (χ0n) is 17.4. The normalized spacial score (nSPS) is 29.1. The zero-order valence-corrected chi connectivity index (χ0v) is 17.4. The molecule has 1 saturated heterocycles. The van der Waals surface area contributed by atoms with Crippen LogP contribution in [0.15, 0.2) is 18.2 Å². The second-order valence-electron chi connectivity index (χ2n) is 7.88. The fourth-order valence-electron chi connectivity index (χ4n) is 4.01. The van der Waals surface area contributed by atoms with E-state index in [2.05, 4.69) is 45.9 Å². The Morgan fingerprint density at radius 3 is 2.33 bits per heavy atom. The van der Waals surface area contributed by atoms with Gasteiger partial charge in [0.25, 0.3) is 0 Å². The quantitative estimate of drug-likeness (QED) is 0.729. The molecule has 0 N–H and O–H groups in total. The summed E-state index contributed by atoms with van der Waals surface area (Å²) >= 11 is 0. The average Bonchev–Trinajstić information content (AvgIpc) is 2.57. The number of carbonyl (C=O) groups excluding carboxylic acids is 2. The molecule has 0 amide bonds. The molecule has 1 aromatic carbocycles. The van der Waals surface area contributed by atoms with E-state index in [0.717, 1.165) is 0 Å². The molecule has 0 radical (unpaired) electrons. The Hall–Kier alpha value is -1.88. The molecule has 0 aliphatic carbocycles. The van der Waals surface area contributed by atoms with E-state index in [1.807, 2.05) is 6.92 Å². The van der Waals surface area contributed by atoms with Crippen molar-refractivity contribution < 1.29 is 23.8 Å². The zero-order chi connectivity index (χ0) is 20.3. The maximum Gasteiger partial charge on any atom is 0.303 e. The largest absolute Gasteiger partial charge is 0.463 e. The lowest BCUT2D eigenvalue weighted by Crippen LogP contribution is -2.54. The first-order valence-electron chi connectivity index (χ1n) is 9.65. The standard InChI is InChI=1S/C22H32O5/c1-12-8-9-19(13(2)10-12)16(5)22-21(26-18(7)24)15(4)14(3)20(27-22)11-25-17(6)23/h8-10,14-16,20-22H,11H2,1-7H3/t14-,15-,16+,20?,21?,22+/m0/s1. The molecule has 1 aromatic rings. The third-order valence-electron chi connectivity index (χ3n) is 5.75. The maximum atomic E-state index is 11.7. The van der Waals surface area contributed by atoms with Crippen molar-refractivity contribution in [2.75, 3.05) is 6.61 Å². The second-order valence-corrected chi connectivity index (χ2v) is 7.88. The lowest BCUT2D eigenvalue weighted by atomic mass is 9.76. The van der Waals surface area contributed by atoms with Crippen molar-refractivity contribution in [2.24, 2.45) is 11.8 Å². The molecular weight excluding hydrogens is 344 g/mol. The first-order chi connectivity index (χ1) is 12.6. The van der Waals surface area contributed by atoms with Gasteiger partial charge >= 0.3 is 11.9 Å². The van der Waals surface area contributed by atoms with Gasteiger partial charge in [0.15, 0.2) is 0 Å². The Labute approximate surface area is 162 Å². The molecule has 150 valence electrons. The van der Waals surface area contributed by atoms with Gasteiger partial charge in [-0.3, -0.25) is 9.59 Å². The van der Waals surface area contributed by atoms with Crippen molar-refractivity contribution in [1.29, 1.82) is 0 Å². The number of hydrogen-bond acceptors (Lipinski definition) is 5. The lowest BCUT2D eigenvalue weighted by Gasteiger charge is -2.46. The summed E-state index contributed by atoms with van der Waals surface area (Å²) in [6, 6.07) is 6.36. The molecule has 1 aliphatic rings. The fourth-order valence-corrected chi connectivity index (χ4v) is 4.01. The summed E-state index contributed by atoms with van der Waals surface area (Å²) in [4.78, 5) is 23.0. The lowest BCUT2D eigenvalue weighted by molar-refractivity contribution is -0.207. The van der Waals surface area contributed by atoms with E-state index in [9.17, 15) is 9.59 Å². The van der Waals surface area contributed by atoms with Gasteiger partial charge in [-0.05, 0) is 30.9 Å². The second kappa shape index (κ2) is 8.87. The molecule has 6 atom stereocenters. The van der Waals surface area contributed by atoms with Gasteiger partial charge in [-0.25, -0.2) is 0 Å². The van der Waals surface area contributed by atoms with E-state index in [-0.39, 0.29) is 54.6 Å². The van der Waals surface area contributed by atoms with Crippen LogP contribution in [-0.4, -0.2) is 36.9 Å². The van der Waals surface area contributed by atoms with Crippen LogP contribution in [0.3, 0.4) is 0 Å². The van der Waals surface area contributed by atoms with Crippen LogP contribution in [0.5, 0.6) is 0 Å². The minimum absolute atomic E-state index is 0.0322. The number of ether oxygens (including phenoxy) is 3. The van der Waals surface area contributed by atoms with Gasteiger partial charge in [-0.15, -0.1) is 0 Å². The van der Waals surface area contributed by atoms with Crippen molar-refractivity contribution in [2.45, 2.75) is 72.7 Å². The Morgan fingerprint density at radius 2 is 1.78 bits per heavy atom. The molecule has 2 rings (SSSR count). The molecule has 0 saturated carbocycles. The predicted octanol–water partition coefficient (Wildman–Crippen LogP) is 3.94. The molecular formula is C22H32O5. The summed E-state index contributed by atoms with van der Waals surface area (Å²) in [5, 5.41) is 0. The van der Waals surface area contributed by atoms with E-state index in [1.54, 1.807) is 0 Å². The summed E-state index contributed by atoms with van der Waals surface area (Å²) in [6.07, 6.45) is -0.877. The van der Waals surface area contributed by atoms with Crippen molar-refractivity contribution in [1.82, 2.24) is 0 Å². The van der Waals surface area contributed by atoms with Gasteiger partial charge in [-0.1, -0.05) is 44.5 Å². The smallest absolute Gasteiger partial charge is 0.303 e. The van der Waals surface area contributed by atoms with Crippen LogP contribution in [-0.2, 0) is 23.8 Å². The SMILES string of the molecule is CC(=O)OCC1O[C@H]([C@H](C)c2ccc(C)cc2C)C(OC(C)=O)[C@@H](C)[C@@H]1C. The number of esters is 2. The van der Waals surface area contributed by atoms with Crippen LogP contribution in [0.4, 0.5) is 0 Å². The van der Waals surface area contributed by atoms with E-state index >= 15 is 0 Å². The predicted molar refractivity (Wildman–Crippen MR) is 104 cm³/mol. The van der Waals surface area contributed by atoms with Crippen LogP contribution in [0.1, 0.15) is 57.2 Å². The van der Waals surface area contributed by atoms with Gasteiger partial charge in [-0.2, -0.15) is 0 Å². The molecule has 1 fully saturated rings. The van der Waals surface area contributed by atoms with E-state index in [1.165, 1.54) is 30.5 Å². The fraction of sp³-hybridized carbons (Fsp3) is 0.636. The molecule has 2 unspecified atom stereocenters. The highest BCUT2D eigenvalue weighted by Crippen LogP contribution is 2.39.